The van der Waals surface area contributed by atoms with Crippen molar-refractivity contribution in [3.05, 3.63) is 24.0 Å². The molecule has 1 aliphatic rings. The maximum Gasteiger partial charge on any atom is 0.0574 e. The van der Waals surface area contributed by atoms with Gasteiger partial charge < -0.3 is 15.3 Å². The van der Waals surface area contributed by atoms with E-state index in [0.717, 1.165) is 38.2 Å². The maximum atomic E-state index is 9.11. The van der Waals surface area contributed by atoms with E-state index >= 15 is 0 Å². The Kier molecular flexibility index (Phi) is 6.46. The number of aliphatic hydroxyl groups excluding tert-OH is 1. The molecule has 1 fully saturated rings. The molecule has 2 atom stereocenters. The van der Waals surface area contributed by atoms with Crippen LogP contribution in [0.2, 0.25) is 0 Å². The molecule has 2 rings (SSSR count). The van der Waals surface area contributed by atoms with E-state index in [1.807, 2.05) is 6.20 Å². The first kappa shape index (κ1) is 16.2. The largest absolute Gasteiger partial charge is 0.396 e. The lowest BCUT2D eigenvalue weighted by Gasteiger charge is -2.34. The van der Waals surface area contributed by atoms with Gasteiger partial charge in [0.1, 0.15) is 0 Å². The van der Waals surface area contributed by atoms with Gasteiger partial charge in [-0.2, -0.15) is 0 Å². The SMILES string of the molecule is CCNC(CC)c1ccc(N2CCCC(CCO)C2)cn1. The van der Waals surface area contributed by atoms with Gasteiger partial charge in [0.2, 0.25) is 0 Å². The lowest BCUT2D eigenvalue weighted by atomic mass is 9.95. The van der Waals surface area contributed by atoms with Crippen molar-refractivity contribution in [3.8, 4) is 0 Å². The summed E-state index contributed by atoms with van der Waals surface area (Å²) in [6.45, 7) is 7.74. The van der Waals surface area contributed by atoms with Crippen molar-refractivity contribution in [2.75, 3.05) is 31.1 Å². The molecule has 1 aromatic heterocycles. The Labute approximate surface area is 128 Å². The Morgan fingerprint density at radius 2 is 2.29 bits per heavy atom. The van der Waals surface area contributed by atoms with E-state index in [-0.39, 0.29) is 0 Å². The number of rotatable bonds is 7. The van der Waals surface area contributed by atoms with Crippen molar-refractivity contribution in [2.45, 2.75) is 45.6 Å². The van der Waals surface area contributed by atoms with E-state index in [2.05, 4.69) is 41.2 Å². The molecule has 1 saturated heterocycles. The number of aliphatic hydroxyl groups is 1. The van der Waals surface area contributed by atoms with Crippen LogP contribution in [0, 0.1) is 5.92 Å². The van der Waals surface area contributed by atoms with Crippen molar-refractivity contribution in [1.82, 2.24) is 10.3 Å². The second kappa shape index (κ2) is 8.35. The number of nitrogens with zero attached hydrogens (tertiary/aromatic N) is 2. The van der Waals surface area contributed by atoms with Gasteiger partial charge in [-0.3, -0.25) is 4.98 Å². The molecule has 0 aliphatic carbocycles. The van der Waals surface area contributed by atoms with E-state index in [0.29, 0.717) is 18.6 Å². The minimum absolute atomic E-state index is 0.302. The van der Waals surface area contributed by atoms with Crippen LogP contribution in [0.5, 0.6) is 0 Å². The summed E-state index contributed by atoms with van der Waals surface area (Å²) >= 11 is 0. The van der Waals surface area contributed by atoms with Gasteiger partial charge in [0.15, 0.2) is 0 Å². The van der Waals surface area contributed by atoms with E-state index in [1.165, 1.54) is 18.5 Å². The Morgan fingerprint density at radius 3 is 2.90 bits per heavy atom. The fourth-order valence-electron chi connectivity index (χ4n) is 3.21. The van der Waals surface area contributed by atoms with Crippen LogP contribution in [0.1, 0.15) is 51.3 Å². The number of nitrogens with one attached hydrogen (secondary N) is 1. The van der Waals surface area contributed by atoms with Gasteiger partial charge in [-0.1, -0.05) is 13.8 Å². The molecule has 0 bridgehead atoms. The first-order chi connectivity index (χ1) is 10.3. The topological polar surface area (TPSA) is 48.4 Å². The minimum Gasteiger partial charge on any atom is -0.396 e. The van der Waals surface area contributed by atoms with Gasteiger partial charge in [-0.25, -0.2) is 0 Å². The van der Waals surface area contributed by atoms with Gasteiger partial charge in [0, 0.05) is 25.7 Å². The van der Waals surface area contributed by atoms with Crippen LogP contribution in [-0.2, 0) is 0 Å². The highest BCUT2D eigenvalue weighted by Gasteiger charge is 2.20. The molecule has 118 valence electrons. The number of piperidine rings is 1. The Bertz CT molecular complexity index is 405. The van der Waals surface area contributed by atoms with E-state index < -0.39 is 0 Å². The molecule has 21 heavy (non-hydrogen) atoms. The van der Waals surface area contributed by atoms with Crippen LogP contribution in [0.4, 0.5) is 5.69 Å². The molecule has 0 spiro atoms. The van der Waals surface area contributed by atoms with Gasteiger partial charge in [0.05, 0.1) is 17.6 Å². The molecule has 0 radical (unpaired) electrons. The summed E-state index contributed by atoms with van der Waals surface area (Å²) in [6, 6.07) is 4.71. The summed E-state index contributed by atoms with van der Waals surface area (Å²) < 4.78 is 0. The Morgan fingerprint density at radius 1 is 1.43 bits per heavy atom. The normalized spacial score (nSPS) is 20.5. The highest BCUT2D eigenvalue weighted by Crippen LogP contribution is 2.25. The number of pyridine rings is 1. The third kappa shape index (κ3) is 4.42. The molecular formula is C17H29N3O. The molecule has 4 nitrogen and oxygen atoms in total. The zero-order valence-corrected chi connectivity index (χ0v) is 13.4. The van der Waals surface area contributed by atoms with Crippen molar-refractivity contribution < 1.29 is 5.11 Å². The number of hydrogen-bond donors (Lipinski definition) is 2. The summed E-state index contributed by atoms with van der Waals surface area (Å²) in [5, 5.41) is 12.6. The van der Waals surface area contributed by atoms with E-state index in [9.17, 15) is 0 Å². The van der Waals surface area contributed by atoms with Crippen LogP contribution in [0.25, 0.3) is 0 Å². The smallest absolute Gasteiger partial charge is 0.0574 e. The number of aromatic nitrogens is 1. The maximum absolute atomic E-state index is 9.11. The lowest BCUT2D eigenvalue weighted by molar-refractivity contribution is 0.244. The molecule has 1 aliphatic heterocycles. The van der Waals surface area contributed by atoms with E-state index in [4.69, 9.17) is 5.11 Å². The van der Waals surface area contributed by atoms with Gasteiger partial charge in [0.25, 0.3) is 0 Å². The molecule has 2 heterocycles. The zero-order chi connectivity index (χ0) is 15.1. The van der Waals surface area contributed by atoms with Crippen molar-refractivity contribution in [1.29, 1.82) is 0 Å². The van der Waals surface area contributed by atoms with Gasteiger partial charge >= 0.3 is 0 Å². The van der Waals surface area contributed by atoms with E-state index in [1.54, 1.807) is 0 Å². The van der Waals surface area contributed by atoms with Crippen LogP contribution in [-0.4, -0.2) is 36.3 Å². The minimum atomic E-state index is 0.302. The molecule has 0 amide bonds. The summed E-state index contributed by atoms with van der Waals surface area (Å²) in [5.41, 5.74) is 2.35. The first-order valence-electron chi connectivity index (χ1n) is 8.33. The monoisotopic (exact) mass is 291 g/mol. The Hall–Kier alpha value is -1.13. The van der Waals surface area contributed by atoms with Crippen LogP contribution >= 0.6 is 0 Å². The summed E-state index contributed by atoms with van der Waals surface area (Å²) in [6.07, 6.45) is 6.43. The van der Waals surface area contributed by atoms with Crippen molar-refractivity contribution in [3.63, 3.8) is 0 Å². The summed E-state index contributed by atoms with van der Waals surface area (Å²) in [5.74, 6) is 0.619. The first-order valence-corrected chi connectivity index (χ1v) is 8.33. The van der Waals surface area contributed by atoms with Crippen molar-refractivity contribution >= 4 is 5.69 Å². The average molecular weight is 291 g/mol. The van der Waals surface area contributed by atoms with Gasteiger partial charge in [-0.05, 0) is 50.3 Å². The highest BCUT2D eigenvalue weighted by molar-refractivity contribution is 5.45. The predicted molar refractivity (Wildman–Crippen MR) is 87.6 cm³/mol. The molecule has 2 N–H and O–H groups in total. The van der Waals surface area contributed by atoms with Crippen LogP contribution in [0.3, 0.4) is 0 Å². The van der Waals surface area contributed by atoms with Crippen LogP contribution < -0.4 is 10.2 Å². The quantitative estimate of drug-likeness (QED) is 0.811. The van der Waals surface area contributed by atoms with Crippen molar-refractivity contribution in [2.24, 2.45) is 5.92 Å². The molecule has 1 aromatic rings. The lowest BCUT2D eigenvalue weighted by Crippen LogP contribution is -2.35. The molecular weight excluding hydrogens is 262 g/mol. The molecule has 4 heteroatoms. The fourth-order valence-corrected chi connectivity index (χ4v) is 3.21. The third-order valence-electron chi connectivity index (χ3n) is 4.41. The van der Waals surface area contributed by atoms with Crippen LogP contribution in [0.15, 0.2) is 18.3 Å². The predicted octanol–water partition coefficient (Wildman–Crippen LogP) is 2.74. The zero-order valence-electron chi connectivity index (χ0n) is 13.4. The third-order valence-corrected chi connectivity index (χ3v) is 4.41. The summed E-state index contributed by atoms with van der Waals surface area (Å²) in [7, 11) is 0. The second-order valence-corrected chi connectivity index (χ2v) is 5.93. The molecule has 2 unspecified atom stereocenters. The average Bonchev–Trinajstić information content (AvgIpc) is 2.53. The number of hydrogen-bond acceptors (Lipinski definition) is 4. The Balaban J connectivity index is 2.01. The highest BCUT2D eigenvalue weighted by atomic mass is 16.3. The standard InChI is InChI=1S/C17H29N3O/c1-3-16(18-4-2)17-8-7-15(12-19-17)20-10-5-6-14(13-20)9-11-21/h7-8,12,14,16,18,21H,3-6,9-11,13H2,1-2H3. The second-order valence-electron chi connectivity index (χ2n) is 5.93. The molecule has 0 saturated carbocycles. The molecule has 0 aromatic carbocycles. The number of anilines is 1. The summed E-state index contributed by atoms with van der Waals surface area (Å²) in [4.78, 5) is 7.07. The fraction of sp³-hybridized carbons (Fsp3) is 0.706. The van der Waals surface area contributed by atoms with Gasteiger partial charge in [-0.15, -0.1) is 0 Å².